The van der Waals surface area contributed by atoms with Crippen molar-refractivity contribution >= 4 is 0 Å². The molecule has 0 radical (unpaired) electrons. The number of nitrogens with zero attached hydrogens (tertiary/aromatic N) is 3. The molecule has 0 N–H and O–H groups in total. The maximum atomic E-state index is 8.45. The van der Waals surface area contributed by atoms with Crippen molar-refractivity contribution < 1.29 is 0 Å². The molecule has 3 heteroatoms. The van der Waals surface area contributed by atoms with E-state index in [2.05, 4.69) is 30.0 Å². The molecule has 1 heterocycles. The summed E-state index contributed by atoms with van der Waals surface area (Å²) in [4.78, 5) is 4.81. The van der Waals surface area contributed by atoms with E-state index in [0.717, 1.165) is 19.0 Å². The summed E-state index contributed by atoms with van der Waals surface area (Å²) in [7, 11) is 4.37. The molecule has 0 aromatic carbocycles. The van der Waals surface area contributed by atoms with Crippen LogP contribution in [0.1, 0.15) is 25.7 Å². The first-order chi connectivity index (χ1) is 6.74. The second kappa shape index (κ2) is 6.00. The maximum Gasteiger partial charge on any atom is 0.0622 e. The lowest BCUT2D eigenvalue weighted by Crippen LogP contribution is -2.42. The average molecular weight is 195 g/mol. The third kappa shape index (κ3) is 3.65. The van der Waals surface area contributed by atoms with Crippen LogP contribution < -0.4 is 0 Å². The third-order valence-corrected chi connectivity index (χ3v) is 3.11. The van der Waals surface area contributed by atoms with Gasteiger partial charge in [-0.2, -0.15) is 5.26 Å². The molecular weight excluding hydrogens is 174 g/mol. The van der Waals surface area contributed by atoms with Crippen molar-refractivity contribution in [1.29, 1.82) is 5.26 Å². The summed E-state index contributed by atoms with van der Waals surface area (Å²) in [6.45, 7) is 3.50. The highest BCUT2D eigenvalue weighted by Gasteiger charge is 2.19. The van der Waals surface area contributed by atoms with Crippen LogP contribution >= 0.6 is 0 Å². The van der Waals surface area contributed by atoms with Gasteiger partial charge in [0.1, 0.15) is 0 Å². The molecule has 1 aliphatic rings. The molecule has 3 nitrogen and oxygen atoms in total. The van der Waals surface area contributed by atoms with Crippen LogP contribution in [0.3, 0.4) is 0 Å². The molecule has 0 aromatic heterocycles. The Morgan fingerprint density at radius 1 is 1.43 bits per heavy atom. The highest BCUT2D eigenvalue weighted by Crippen LogP contribution is 2.14. The van der Waals surface area contributed by atoms with Gasteiger partial charge in [-0.05, 0) is 53.0 Å². The van der Waals surface area contributed by atoms with Crippen LogP contribution in [0.4, 0.5) is 0 Å². The number of unbranched alkanes of at least 4 members (excludes halogenated alkanes) is 1. The number of likely N-dealkylation sites (tertiary alicyclic amines) is 1. The number of hydrogen-bond donors (Lipinski definition) is 0. The van der Waals surface area contributed by atoms with Gasteiger partial charge in [-0.3, -0.25) is 0 Å². The molecule has 0 aliphatic carbocycles. The van der Waals surface area contributed by atoms with Gasteiger partial charge in [0, 0.05) is 12.5 Å². The van der Waals surface area contributed by atoms with Gasteiger partial charge in [0.2, 0.25) is 0 Å². The molecule has 0 atom stereocenters. The summed E-state index contributed by atoms with van der Waals surface area (Å²) < 4.78 is 0. The molecule has 80 valence electrons. The first kappa shape index (κ1) is 11.5. The predicted octanol–water partition coefficient (Wildman–Crippen LogP) is 1.32. The average Bonchev–Trinajstić information content (AvgIpc) is 2.19. The summed E-state index contributed by atoms with van der Waals surface area (Å²) in [5, 5.41) is 8.45. The summed E-state index contributed by atoms with van der Waals surface area (Å²) in [6, 6.07) is 2.94. The summed E-state index contributed by atoms with van der Waals surface area (Å²) in [5.41, 5.74) is 0. The highest BCUT2D eigenvalue weighted by atomic mass is 15.2. The van der Waals surface area contributed by atoms with Crippen molar-refractivity contribution in [2.45, 2.75) is 31.7 Å². The van der Waals surface area contributed by atoms with Crippen LogP contribution in [0.5, 0.6) is 0 Å². The molecule has 1 saturated heterocycles. The van der Waals surface area contributed by atoms with Gasteiger partial charge in [0.15, 0.2) is 0 Å². The zero-order valence-electron chi connectivity index (χ0n) is 9.37. The molecule has 0 unspecified atom stereocenters. The van der Waals surface area contributed by atoms with Crippen molar-refractivity contribution in [2.75, 3.05) is 33.7 Å². The van der Waals surface area contributed by atoms with Crippen molar-refractivity contribution in [3.05, 3.63) is 0 Å². The third-order valence-electron chi connectivity index (χ3n) is 3.11. The largest absolute Gasteiger partial charge is 0.306 e. The Kier molecular flexibility index (Phi) is 4.92. The van der Waals surface area contributed by atoms with Crippen LogP contribution in [-0.2, 0) is 0 Å². The van der Waals surface area contributed by atoms with Crippen LogP contribution in [0.2, 0.25) is 0 Å². The van der Waals surface area contributed by atoms with Gasteiger partial charge in [0.05, 0.1) is 6.07 Å². The topological polar surface area (TPSA) is 30.3 Å². The maximum absolute atomic E-state index is 8.45. The first-order valence-electron chi connectivity index (χ1n) is 5.49. The van der Waals surface area contributed by atoms with E-state index in [0.29, 0.717) is 6.42 Å². The Hall–Kier alpha value is -0.590. The molecule has 0 saturated carbocycles. The van der Waals surface area contributed by atoms with E-state index in [4.69, 9.17) is 5.26 Å². The molecule has 1 fully saturated rings. The first-order valence-corrected chi connectivity index (χ1v) is 5.49. The standard InChI is InChI=1S/C11H21N3/c1-13-9-5-11(6-10-13)14(2)8-4-3-7-12/h11H,3-6,8-10H2,1-2H3. The van der Waals surface area contributed by atoms with Gasteiger partial charge in [-0.1, -0.05) is 0 Å². The minimum absolute atomic E-state index is 0.691. The zero-order valence-corrected chi connectivity index (χ0v) is 9.37. The lowest BCUT2D eigenvalue weighted by molar-refractivity contribution is 0.144. The van der Waals surface area contributed by atoms with E-state index < -0.39 is 0 Å². The molecule has 1 aliphatic heterocycles. The van der Waals surface area contributed by atoms with Crippen molar-refractivity contribution in [2.24, 2.45) is 0 Å². The highest BCUT2D eigenvalue weighted by molar-refractivity contribution is 4.77. The Labute approximate surface area is 87.3 Å². The molecule has 1 rings (SSSR count). The zero-order chi connectivity index (χ0) is 10.4. The van der Waals surface area contributed by atoms with Gasteiger partial charge >= 0.3 is 0 Å². The Morgan fingerprint density at radius 3 is 2.64 bits per heavy atom. The van der Waals surface area contributed by atoms with E-state index in [1.165, 1.54) is 25.9 Å². The fraction of sp³-hybridized carbons (Fsp3) is 0.909. The van der Waals surface area contributed by atoms with E-state index >= 15 is 0 Å². The minimum Gasteiger partial charge on any atom is -0.306 e. The normalized spacial score (nSPS) is 19.9. The summed E-state index contributed by atoms with van der Waals surface area (Å²) in [6.07, 6.45) is 4.26. The van der Waals surface area contributed by atoms with Crippen LogP contribution in [-0.4, -0.2) is 49.6 Å². The quantitative estimate of drug-likeness (QED) is 0.634. The van der Waals surface area contributed by atoms with Gasteiger partial charge in [0.25, 0.3) is 0 Å². The fourth-order valence-corrected chi connectivity index (χ4v) is 2.03. The molecule has 0 spiro atoms. The lowest BCUT2D eigenvalue weighted by atomic mass is 10.0. The number of piperidine rings is 1. The smallest absolute Gasteiger partial charge is 0.0622 e. The number of nitriles is 1. The Bertz CT molecular complexity index is 189. The van der Waals surface area contributed by atoms with Crippen molar-refractivity contribution in [1.82, 2.24) is 9.80 Å². The van der Waals surface area contributed by atoms with Crippen LogP contribution in [0.15, 0.2) is 0 Å². The second-order valence-corrected chi connectivity index (χ2v) is 4.28. The number of rotatable bonds is 4. The molecule has 0 aromatic rings. The van der Waals surface area contributed by atoms with Gasteiger partial charge in [-0.25, -0.2) is 0 Å². The van der Waals surface area contributed by atoms with Crippen LogP contribution in [0.25, 0.3) is 0 Å². The van der Waals surface area contributed by atoms with Gasteiger partial charge < -0.3 is 9.80 Å². The predicted molar refractivity (Wildman–Crippen MR) is 58.0 cm³/mol. The lowest BCUT2D eigenvalue weighted by Gasteiger charge is -2.35. The molecule has 14 heavy (non-hydrogen) atoms. The van der Waals surface area contributed by atoms with E-state index in [-0.39, 0.29) is 0 Å². The molecule has 0 bridgehead atoms. The van der Waals surface area contributed by atoms with E-state index in [1.807, 2.05) is 0 Å². The Balaban J connectivity index is 2.17. The van der Waals surface area contributed by atoms with E-state index in [1.54, 1.807) is 0 Å². The fourth-order valence-electron chi connectivity index (χ4n) is 2.03. The summed E-state index contributed by atoms with van der Waals surface area (Å²) in [5.74, 6) is 0. The monoisotopic (exact) mass is 195 g/mol. The SMILES string of the molecule is CN1CCC(N(C)CCCC#N)CC1. The minimum atomic E-state index is 0.691. The van der Waals surface area contributed by atoms with E-state index in [9.17, 15) is 0 Å². The second-order valence-electron chi connectivity index (χ2n) is 4.28. The van der Waals surface area contributed by atoms with Crippen molar-refractivity contribution in [3.8, 4) is 6.07 Å². The van der Waals surface area contributed by atoms with Crippen LogP contribution in [0, 0.1) is 11.3 Å². The van der Waals surface area contributed by atoms with Gasteiger partial charge in [-0.15, -0.1) is 0 Å². The Morgan fingerprint density at radius 2 is 2.07 bits per heavy atom. The molecular formula is C11H21N3. The summed E-state index contributed by atoms with van der Waals surface area (Å²) >= 11 is 0. The molecule has 0 amide bonds. The van der Waals surface area contributed by atoms with Crippen molar-refractivity contribution in [3.63, 3.8) is 0 Å². The number of hydrogen-bond acceptors (Lipinski definition) is 3.